The van der Waals surface area contributed by atoms with Gasteiger partial charge >= 0.3 is 0 Å². The van der Waals surface area contributed by atoms with E-state index in [1.807, 2.05) is 54.6 Å². The molecule has 0 radical (unpaired) electrons. The fraction of sp³-hybridized carbons (Fsp3) is 0.200. The van der Waals surface area contributed by atoms with Crippen LogP contribution >= 0.6 is 0 Å². The predicted molar refractivity (Wildman–Crippen MR) is 122 cm³/mol. The topological polar surface area (TPSA) is 106 Å². The van der Waals surface area contributed by atoms with E-state index in [1.54, 1.807) is 24.5 Å². The minimum atomic E-state index is -0.929. The van der Waals surface area contributed by atoms with Crippen molar-refractivity contribution in [2.24, 2.45) is 5.16 Å². The Morgan fingerprint density at radius 3 is 2.55 bits per heavy atom. The first-order chi connectivity index (χ1) is 16.1. The van der Waals surface area contributed by atoms with E-state index in [1.165, 1.54) is 7.11 Å². The molecule has 3 aromatic rings. The molecule has 2 heterocycles. The number of amides is 1. The second-order valence-electron chi connectivity index (χ2n) is 7.40. The van der Waals surface area contributed by atoms with Gasteiger partial charge < -0.3 is 19.6 Å². The van der Waals surface area contributed by atoms with Crippen LogP contribution in [0.2, 0.25) is 0 Å². The van der Waals surface area contributed by atoms with Gasteiger partial charge in [0.25, 0.3) is 12.2 Å². The molecule has 2 aromatic carbocycles. The minimum absolute atomic E-state index is 0.243. The Kier molecular flexibility index (Phi) is 6.93. The maximum atomic E-state index is 12.6. The number of nitrogens with zero attached hydrogens (tertiary/aromatic N) is 3. The molecule has 1 aliphatic rings. The summed E-state index contributed by atoms with van der Waals surface area (Å²) in [5.41, 5.74) is 4.42. The molecule has 33 heavy (non-hydrogen) atoms. The van der Waals surface area contributed by atoms with Crippen LogP contribution in [-0.4, -0.2) is 36.1 Å². The van der Waals surface area contributed by atoms with Crippen molar-refractivity contribution >= 4 is 17.3 Å². The van der Waals surface area contributed by atoms with Crippen molar-refractivity contribution in [2.75, 3.05) is 12.4 Å². The van der Waals surface area contributed by atoms with Crippen molar-refractivity contribution in [1.29, 1.82) is 5.26 Å². The molecule has 0 aliphatic carbocycles. The van der Waals surface area contributed by atoms with Gasteiger partial charge in [-0.15, -0.1) is 0 Å². The zero-order chi connectivity index (χ0) is 23.0. The molecule has 0 saturated heterocycles. The zero-order valence-corrected chi connectivity index (χ0v) is 18.0. The van der Waals surface area contributed by atoms with E-state index in [0.717, 1.165) is 16.7 Å². The second-order valence-corrected chi connectivity index (χ2v) is 7.40. The average Bonchev–Trinajstić information content (AvgIpc) is 3.36. The number of hydrogen-bond donors (Lipinski definition) is 1. The van der Waals surface area contributed by atoms with Crippen LogP contribution in [0.15, 0.2) is 78.2 Å². The number of hydrogen-bond acceptors (Lipinski definition) is 7. The van der Waals surface area contributed by atoms with E-state index >= 15 is 0 Å². The van der Waals surface area contributed by atoms with Crippen LogP contribution in [0.1, 0.15) is 23.1 Å². The van der Waals surface area contributed by atoms with Crippen molar-refractivity contribution in [3.8, 4) is 11.8 Å². The van der Waals surface area contributed by atoms with Gasteiger partial charge in [0.1, 0.15) is 11.8 Å². The SMILES string of the molecule is COC(C#N)Oc1ccc(Cc2ccc(NC(=O)C3CC(c4cccnc4)=NO3)cc2)cc1. The van der Waals surface area contributed by atoms with Crippen molar-refractivity contribution in [1.82, 2.24) is 4.98 Å². The summed E-state index contributed by atoms with van der Waals surface area (Å²) < 4.78 is 10.3. The van der Waals surface area contributed by atoms with Crippen LogP contribution in [0.5, 0.6) is 5.75 Å². The smallest absolute Gasteiger partial charge is 0.289 e. The Morgan fingerprint density at radius 1 is 1.18 bits per heavy atom. The lowest BCUT2D eigenvalue weighted by molar-refractivity contribution is -0.125. The average molecular weight is 442 g/mol. The van der Waals surface area contributed by atoms with E-state index in [4.69, 9.17) is 19.6 Å². The summed E-state index contributed by atoms with van der Waals surface area (Å²) in [6, 6.07) is 20.7. The largest absolute Gasteiger partial charge is 0.451 e. The van der Waals surface area contributed by atoms with Crippen LogP contribution in [0, 0.1) is 11.3 Å². The molecule has 1 amide bonds. The van der Waals surface area contributed by atoms with Crippen LogP contribution in [0.4, 0.5) is 5.69 Å². The van der Waals surface area contributed by atoms with Gasteiger partial charge in [-0.2, -0.15) is 5.26 Å². The number of pyridine rings is 1. The number of aromatic nitrogens is 1. The Balaban J connectivity index is 1.29. The summed E-state index contributed by atoms with van der Waals surface area (Å²) in [6.45, 7) is 0. The number of anilines is 1. The monoisotopic (exact) mass is 442 g/mol. The number of rotatable bonds is 8. The molecule has 0 spiro atoms. The summed E-state index contributed by atoms with van der Waals surface area (Å²) in [7, 11) is 1.42. The Morgan fingerprint density at radius 2 is 1.91 bits per heavy atom. The predicted octanol–water partition coefficient (Wildman–Crippen LogP) is 3.68. The molecule has 8 heteroatoms. The molecule has 0 saturated carbocycles. The van der Waals surface area contributed by atoms with Gasteiger partial charge in [-0.25, -0.2) is 0 Å². The number of ether oxygens (including phenoxy) is 2. The van der Waals surface area contributed by atoms with Crippen LogP contribution < -0.4 is 10.1 Å². The molecule has 0 fully saturated rings. The molecule has 2 atom stereocenters. The summed E-state index contributed by atoms with van der Waals surface area (Å²) in [5.74, 6) is 0.322. The first kappa shape index (κ1) is 22.0. The molecule has 0 bridgehead atoms. The lowest BCUT2D eigenvalue weighted by atomic mass is 10.0. The number of oxime groups is 1. The highest BCUT2D eigenvalue weighted by molar-refractivity contribution is 6.05. The maximum Gasteiger partial charge on any atom is 0.289 e. The summed E-state index contributed by atoms with van der Waals surface area (Å²) in [6.07, 6.45) is 2.90. The lowest BCUT2D eigenvalue weighted by Crippen LogP contribution is -2.28. The van der Waals surface area contributed by atoms with Crippen molar-refractivity contribution < 1.29 is 19.1 Å². The third kappa shape index (κ3) is 5.73. The maximum absolute atomic E-state index is 12.6. The summed E-state index contributed by atoms with van der Waals surface area (Å²) in [4.78, 5) is 21.9. The van der Waals surface area contributed by atoms with Gasteiger partial charge in [0.2, 0.25) is 6.10 Å². The molecular formula is C25H22N4O4. The first-order valence-corrected chi connectivity index (χ1v) is 10.4. The number of carbonyl (C=O) groups excluding carboxylic acids is 1. The van der Waals surface area contributed by atoms with Crippen LogP contribution in [-0.2, 0) is 20.8 Å². The molecular weight excluding hydrogens is 420 g/mol. The van der Waals surface area contributed by atoms with Crippen molar-refractivity contribution in [3.63, 3.8) is 0 Å². The third-order valence-electron chi connectivity index (χ3n) is 5.07. The fourth-order valence-electron chi connectivity index (χ4n) is 3.32. The van der Waals surface area contributed by atoms with Crippen molar-refractivity contribution in [2.45, 2.75) is 25.2 Å². The lowest BCUT2D eigenvalue weighted by Gasteiger charge is -2.11. The molecule has 2 unspecified atom stereocenters. The van der Waals surface area contributed by atoms with E-state index < -0.39 is 12.4 Å². The second kappa shape index (κ2) is 10.4. The normalized spacial score (nSPS) is 15.6. The molecule has 4 rings (SSSR count). The standard InChI is InChI=1S/C25H22N4O4/c1-31-24(15-26)32-21-10-6-18(7-11-21)13-17-4-8-20(9-5-17)28-25(30)23-14-22(29-33-23)19-3-2-12-27-16-19/h2-12,16,23-24H,13-14H2,1H3,(H,28,30). The number of methoxy groups -OCH3 is 1. The molecule has 8 nitrogen and oxygen atoms in total. The molecule has 1 aromatic heterocycles. The van der Waals surface area contributed by atoms with Gasteiger partial charge in [-0.1, -0.05) is 29.4 Å². The Hall–Kier alpha value is -4.22. The van der Waals surface area contributed by atoms with Gasteiger partial charge in [0.05, 0.1) is 5.71 Å². The number of carbonyl (C=O) groups is 1. The molecule has 1 N–H and O–H groups in total. The Bertz CT molecular complexity index is 1160. The zero-order valence-electron chi connectivity index (χ0n) is 18.0. The first-order valence-electron chi connectivity index (χ1n) is 10.4. The quantitative estimate of drug-likeness (QED) is 0.534. The third-order valence-corrected chi connectivity index (χ3v) is 5.07. The highest BCUT2D eigenvalue weighted by Gasteiger charge is 2.29. The highest BCUT2D eigenvalue weighted by atomic mass is 16.7. The van der Waals surface area contributed by atoms with Gasteiger partial charge in [-0.05, 0) is 53.9 Å². The number of benzene rings is 2. The minimum Gasteiger partial charge on any atom is -0.451 e. The highest BCUT2D eigenvalue weighted by Crippen LogP contribution is 2.20. The van der Waals surface area contributed by atoms with E-state index in [2.05, 4.69) is 15.5 Å². The van der Waals surface area contributed by atoms with E-state index in [0.29, 0.717) is 30.0 Å². The van der Waals surface area contributed by atoms with Crippen molar-refractivity contribution in [3.05, 3.63) is 89.7 Å². The van der Waals surface area contributed by atoms with Gasteiger partial charge in [0.15, 0.2) is 0 Å². The molecule has 166 valence electrons. The summed E-state index contributed by atoms with van der Waals surface area (Å²) >= 11 is 0. The van der Waals surface area contributed by atoms with Gasteiger partial charge in [-0.3, -0.25) is 9.78 Å². The van der Waals surface area contributed by atoms with E-state index in [9.17, 15) is 4.79 Å². The van der Waals surface area contributed by atoms with Gasteiger partial charge in [0, 0.05) is 37.2 Å². The number of nitriles is 1. The molecule has 1 aliphatic heterocycles. The van der Waals surface area contributed by atoms with Crippen LogP contribution in [0.3, 0.4) is 0 Å². The fourth-order valence-corrected chi connectivity index (χ4v) is 3.32. The van der Waals surface area contributed by atoms with E-state index in [-0.39, 0.29) is 5.91 Å². The van der Waals surface area contributed by atoms with Crippen LogP contribution in [0.25, 0.3) is 0 Å². The Labute approximate surface area is 191 Å². The summed E-state index contributed by atoms with van der Waals surface area (Å²) in [5, 5.41) is 15.8. The number of nitrogens with one attached hydrogen (secondary N) is 1.